The Labute approximate surface area is 112 Å². The van der Waals surface area contributed by atoms with E-state index in [4.69, 9.17) is 4.74 Å². The van der Waals surface area contributed by atoms with Gasteiger partial charge in [-0.2, -0.15) is 0 Å². The number of nitrogens with one attached hydrogen (secondary N) is 2. The number of methoxy groups -OCH3 is 1. The first kappa shape index (κ1) is 13.8. The van der Waals surface area contributed by atoms with E-state index in [1.54, 1.807) is 25.3 Å². The lowest BCUT2D eigenvalue weighted by atomic mass is 9.98. The molecule has 1 fully saturated rings. The summed E-state index contributed by atoms with van der Waals surface area (Å²) in [7, 11) is 1.67. The molecule has 1 unspecified atom stereocenters. The van der Waals surface area contributed by atoms with E-state index in [9.17, 15) is 10.1 Å². The Bertz CT molecular complexity index is 445. The molecule has 0 amide bonds. The summed E-state index contributed by atoms with van der Waals surface area (Å²) in [4.78, 5) is 10.6. The summed E-state index contributed by atoms with van der Waals surface area (Å²) in [6, 6.07) is 6.70. The molecular weight excluding hydrogens is 246 g/mol. The molecule has 1 aromatic rings. The molecule has 1 saturated heterocycles. The molecular formula is C13H19N3O3. The maximum Gasteiger partial charge on any atom is 0.292 e. The second-order valence-electron chi connectivity index (χ2n) is 4.87. The number of rotatable bonds is 6. The number of ether oxygens (including phenoxy) is 1. The first-order valence-electron chi connectivity index (χ1n) is 6.38. The van der Waals surface area contributed by atoms with E-state index in [1.807, 2.05) is 0 Å². The van der Waals surface area contributed by atoms with Crippen molar-refractivity contribution in [3.05, 3.63) is 34.4 Å². The Morgan fingerprint density at radius 2 is 2.32 bits per heavy atom. The maximum absolute atomic E-state index is 10.9. The van der Waals surface area contributed by atoms with Crippen LogP contribution < -0.4 is 10.6 Å². The average molecular weight is 265 g/mol. The third kappa shape index (κ3) is 3.21. The van der Waals surface area contributed by atoms with Crippen LogP contribution in [-0.2, 0) is 4.74 Å². The fourth-order valence-corrected chi connectivity index (χ4v) is 2.52. The summed E-state index contributed by atoms with van der Waals surface area (Å²) in [5, 5.41) is 17.6. The summed E-state index contributed by atoms with van der Waals surface area (Å²) >= 11 is 0. The summed E-state index contributed by atoms with van der Waals surface area (Å²) < 4.78 is 5.26. The SMILES string of the molecule is COCC1(CNc2ccccc2[N+](=O)[O-])CCCN1. The lowest BCUT2D eigenvalue weighted by Crippen LogP contribution is -2.49. The van der Waals surface area contributed by atoms with Crippen LogP contribution in [0.2, 0.25) is 0 Å². The standard InChI is InChI=1S/C13H19N3O3/c1-19-10-13(7-4-8-15-13)9-14-11-5-2-3-6-12(11)16(17)18/h2-3,5-6,14-15H,4,7-10H2,1H3. The van der Waals surface area contributed by atoms with Gasteiger partial charge in [-0.15, -0.1) is 0 Å². The van der Waals surface area contributed by atoms with E-state index in [-0.39, 0.29) is 16.1 Å². The van der Waals surface area contributed by atoms with Crippen LogP contribution in [0.3, 0.4) is 0 Å². The van der Waals surface area contributed by atoms with Gasteiger partial charge in [-0.3, -0.25) is 10.1 Å². The first-order valence-corrected chi connectivity index (χ1v) is 6.38. The Balaban J connectivity index is 2.07. The van der Waals surface area contributed by atoms with Gasteiger partial charge in [0.1, 0.15) is 5.69 Å². The van der Waals surface area contributed by atoms with Gasteiger partial charge in [-0.25, -0.2) is 0 Å². The molecule has 0 bridgehead atoms. The van der Waals surface area contributed by atoms with Gasteiger partial charge < -0.3 is 15.4 Å². The molecule has 1 heterocycles. The molecule has 0 radical (unpaired) electrons. The number of anilines is 1. The van der Waals surface area contributed by atoms with Crippen LogP contribution >= 0.6 is 0 Å². The van der Waals surface area contributed by atoms with Crippen LogP contribution in [0.25, 0.3) is 0 Å². The van der Waals surface area contributed by atoms with Gasteiger partial charge in [0.2, 0.25) is 0 Å². The maximum atomic E-state index is 10.9. The summed E-state index contributed by atoms with van der Waals surface area (Å²) in [6.07, 6.45) is 2.11. The minimum Gasteiger partial charge on any atom is -0.383 e. The van der Waals surface area contributed by atoms with E-state index >= 15 is 0 Å². The van der Waals surface area contributed by atoms with Crippen molar-refractivity contribution in [3.8, 4) is 0 Å². The van der Waals surface area contributed by atoms with Crippen LogP contribution in [0.4, 0.5) is 11.4 Å². The van der Waals surface area contributed by atoms with Crippen LogP contribution in [-0.4, -0.2) is 37.3 Å². The van der Waals surface area contributed by atoms with E-state index < -0.39 is 0 Å². The molecule has 19 heavy (non-hydrogen) atoms. The van der Waals surface area contributed by atoms with Gasteiger partial charge in [0.15, 0.2) is 0 Å². The highest BCUT2D eigenvalue weighted by Gasteiger charge is 2.33. The molecule has 1 aromatic carbocycles. The third-order valence-corrected chi connectivity index (χ3v) is 3.47. The summed E-state index contributed by atoms with van der Waals surface area (Å²) in [5.74, 6) is 0. The Morgan fingerprint density at radius 1 is 1.53 bits per heavy atom. The first-order chi connectivity index (χ1) is 9.17. The van der Waals surface area contributed by atoms with Gasteiger partial charge in [0.05, 0.1) is 17.1 Å². The molecule has 2 N–H and O–H groups in total. The van der Waals surface area contributed by atoms with Crippen molar-refractivity contribution >= 4 is 11.4 Å². The summed E-state index contributed by atoms with van der Waals surface area (Å²) in [5.41, 5.74) is 0.531. The van der Waals surface area contributed by atoms with Crippen molar-refractivity contribution in [2.24, 2.45) is 0 Å². The minimum absolute atomic E-state index is 0.105. The molecule has 0 saturated carbocycles. The molecule has 6 nitrogen and oxygen atoms in total. The number of hydrogen-bond donors (Lipinski definition) is 2. The monoisotopic (exact) mass is 265 g/mol. The van der Waals surface area contributed by atoms with Crippen molar-refractivity contribution in [2.45, 2.75) is 18.4 Å². The Morgan fingerprint density at radius 3 is 2.95 bits per heavy atom. The number of nitrogens with zero attached hydrogens (tertiary/aromatic N) is 1. The second-order valence-corrected chi connectivity index (χ2v) is 4.87. The summed E-state index contributed by atoms with van der Waals surface area (Å²) in [6.45, 7) is 2.17. The lowest BCUT2D eigenvalue weighted by molar-refractivity contribution is -0.384. The van der Waals surface area contributed by atoms with E-state index in [0.29, 0.717) is 18.8 Å². The highest BCUT2D eigenvalue weighted by molar-refractivity contribution is 5.61. The van der Waals surface area contributed by atoms with Crippen molar-refractivity contribution in [1.82, 2.24) is 5.32 Å². The predicted octanol–water partition coefficient (Wildman–Crippen LogP) is 1.78. The Kier molecular flexibility index (Phi) is 4.34. The molecule has 0 aliphatic carbocycles. The zero-order chi connectivity index (χ0) is 13.7. The van der Waals surface area contributed by atoms with E-state index in [0.717, 1.165) is 19.4 Å². The molecule has 6 heteroatoms. The number of benzene rings is 1. The van der Waals surface area contributed by atoms with Gasteiger partial charge >= 0.3 is 0 Å². The van der Waals surface area contributed by atoms with Crippen molar-refractivity contribution < 1.29 is 9.66 Å². The molecule has 0 aromatic heterocycles. The molecule has 1 aliphatic rings. The predicted molar refractivity (Wildman–Crippen MR) is 73.4 cm³/mol. The average Bonchev–Trinajstić information content (AvgIpc) is 2.86. The van der Waals surface area contributed by atoms with Crippen molar-refractivity contribution in [2.75, 3.05) is 32.1 Å². The normalized spacial score (nSPS) is 22.4. The second kappa shape index (κ2) is 5.99. The number of nitro benzene ring substituents is 1. The molecule has 2 rings (SSSR count). The van der Waals surface area contributed by atoms with Crippen molar-refractivity contribution in [3.63, 3.8) is 0 Å². The Hall–Kier alpha value is -1.66. The zero-order valence-electron chi connectivity index (χ0n) is 11.0. The van der Waals surface area contributed by atoms with E-state index in [1.165, 1.54) is 6.07 Å². The molecule has 0 spiro atoms. The number of nitro groups is 1. The van der Waals surface area contributed by atoms with Crippen LogP contribution in [0, 0.1) is 10.1 Å². The highest BCUT2D eigenvalue weighted by Crippen LogP contribution is 2.26. The largest absolute Gasteiger partial charge is 0.383 e. The molecule has 1 aliphatic heterocycles. The minimum atomic E-state index is -0.368. The lowest BCUT2D eigenvalue weighted by Gasteiger charge is -2.29. The smallest absolute Gasteiger partial charge is 0.292 e. The van der Waals surface area contributed by atoms with Crippen LogP contribution in [0.5, 0.6) is 0 Å². The fraction of sp³-hybridized carbons (Fsp3) is 0.538. The van der Waals surface area contributed by atoms with Gasteiger partial charge in [0, 0.05) is 19.7 Å². The number of hydrogen-bond acceptors (Lipinski definition) is 5. The topological polar surface area (TPSA) is 76.4 Å². The zero-order valence-corrected chi connectivity index (χ0v) is 11.0. The molecule has 1 atom stereocenters. The number of para-hydroxylation sites is 2. The van der Waals surface area contributed by atoms with Crippen LogP contribution in [0.15, 0.2) is 24.3 Å². The van der Waals surface area contributed by atoms with Gasteiger partial charge in [0.25, 0.3) is 5.69 Å². The fourth-order valence-electron chi connectivity index (χ4n) is 2.52. The van der Waals surface area contributed by atoms with Crippen LogP contribution in [0.1, 0.15) is 12.8 Å². The molecule has 104 valence electrons. The highest BCUT2D eigenvalue weighted by atomic mass is 16.6. The van der Waals surface area contributed by atoms with E-state index in [2.05, 4.69) is 10.6 Å². The van der Waals surface area contributed by atoms with Gasteiger partial charge in [-0.05, 0) is 25.5 Å². The van der Waals surface area contributed by atoms with Gasteiger partial charge in [-0.1, -0.05) is 12.1 Å². The van der Waals surface area contributed by atoms with Crippen molar-refractivity contribution in [1.29, 1.82) is 0 Å². The quantitative estimate of drug-likeness (QED) is 0.605. The third-order valence-electron chi connectivity index (χ3n) is 3.47.